The molecule has 0 radical (unpaired) electrons. The van der Waals surface area contributed by atoms with Gasteiger partial charge in [0.2, 0.25) is 0 Å². The Morgan fingerprint density at radius 2 is 1.56 bits per heavy atom. The average Bonchev–Trinajstić information content (AvgIpc) is 2.19. The highest BCUT2D eigenvalue weighted by Crippen LogP contribution is 2.42. The summed E-state index contributed by atoms with van der Waals surface area (Å²) >= 11 is 2.99. The lowest BCUT2D eigenvalue weighted by atomic mass is 10.3. The first-order valence-corrected chi connectivity index (χ1v) is 7.22. The fourth-order valence-electron chi connectivity index (χ4n) is 0.852. The Hall–Kier alpha value is -0.540. The van der Waals surface area contributed by atoms with Gasteiger partial charge in [0.1, 0.15) is 5.75 Å². The van der Waals surface area contributed by atoms with Gasteiger partial charge < -0.3 is 4.74 Å². The van der Waals surface area contributed by atoms with Crippen LogP contribution in [0.1, 0.15) is 0 Å². The second-order valence-electron chi connectivity index (χ2n) is 3.03. The van der Waals surface area contributed by atoms with Crippen LogP contribution in [0.5, 0.6) is 5.75 Å². The molecule has 0 saturated heterocycles. The molecule has 18 heavy (non-hydrogen) atoms. The summed E-state index contributed by atoms with van der Waals surface area (Å²) < 4.78 is 76.8. The van der Waals surface area contributed by atoms with Crippen molar-refractivity contribution in [3.05, 3.63) is 28.7 Å². The highest BCUT2D eigenvalue weighted by molar-refractivity contribution is 9.10. The molecule has 0 aliphatic carbocycles. The SMILES string of the molecule is O=S(=O)(Cl)C(F)(F)C(F)(F)Oc1ccc(Br)cc1. The van der Waals surface area contributed by atoms with Crippen molar-refractivity contribution in [3.63, 3.8) is 0 Å². The van der Waals surface area contributed by atoms with Crippen LogP contribution in [0.3, 0.4) is 0 Å². The van der Waals surface area contributed by atoms with Crippen LogP contribution in [0.2, 0.25) is 0 Å². The number of halogens is 6. The summed E-state index contributed by atoms with van der Waals surface area (Å²) in [7, 11) is -1.58. The van der Waals surface area contributed by atoms with E-state index in [0.29, 0.717) is 4.47 Å². The predicted octanol–water partition coefficient (Wildman–Crippen LogP) is 3.58. The first-order valence-electron chi connectivity index (χ1n) is 4.12. The van der Waals surface area contributed by atoms with E-state index in [0.717, 1.165) is 12.1 Å². The molecule has 0 fully saturated rings. The van der Waals surface area contributed by atoms with Crippen molar-refractivity contribution in [2.45, 2.75) is 11.4 Å². The van der Waals surface area contributed by atoms with Gasteiger partial charge in [-0.1, -0.05) is 15.9 Å². The molecule has 3 nitrogen and oxygen atoms in total. The van der Waals surface area contributed by atoms with Gasteiger partial charge in [0.25, 0.3) is 0 Å². The molecule has 102 valence electrons. The van der Waals surface area contributed by atoms with Crippen molar-refractivity contribution < 1.29 is 30.7 Å². The molecule has 0 aliphatic heterocycles. The highest BCUT2D eigenvalue weighted by Gasteiger charge is 2.68. The van der Waals surface area contributed by atoms with Crippen LogP contribution in [0.15, 0.2) is 28.7 Å². The van der Waals surface area contributed by atoms with Crippen LogP contribution < -0.4 is 4.74 Å². The number of hydrogen-bond donors (Lipinski definition) is 0. The summed E-state index contributed by atoms with van der Waals surface area (Å²) in [6, 6.07) is 4.40. The van der Waals surface area contributed by atoms with Gasteiger partial charge in [-0.05, 0) is 24.3 Å². The molecule has 0 atom stereocenters. The maximum Gasteiger partial charge on any atom is 0.481 e. The number of rotatable bonds is 4. The number of alkyl halides is 4. The third-order valence-electron chi connectivity index (χ3n) is 1.70. The van der Waals surface area contributed by atoms with E-state index in [1.165, 1.54) is 12.1 Å². The average molecular weight is 372 g/mol. The van der Waals surface area contributed by atoms with Crippen LogP contribution in [0.25, 0.3) is 0 Å². The van der Waals surface area contributed by atoms with Gasteiger partial charge in [-0.2, -0.15) is 17.6 Å². The summed E-state index contributed by atoms with van der Waals surface area (Å²) in [5, 5.41) is -5.55. The van der Waals surface area contributed by atoms with E-state index >= 15 is 0 Å². The van der Waals surface area contributed by atoms with E-state index in [4.69, 9.17) is 0 Å². The van der Waals surface area contributed by atoms with Crippen molar-refractivity contribution in [1.29, 1.82) is 0 Å². The van der Waals surface area contributed by atoms with Crippen LogP contribution in [-0.4, -0.2) is 19.8 Å². The standard InChI is InChI=1S/C8H4BrClF4O3S/c9-5-1-3-6(4-2-5)17-7(11,12)8(13,14)18(10,15)16/h1-4H. The Kier molecular flexibility index (Phi) is 4.19. The minimum absolute atomic E-state index is 0.495. The molecule has 0 spiro atoms. The molecule has 0 amide bonds. The third-order valence-corrected chi connectivity index (χ3v) is 3.66. The lowest BCUT2D eigenvalue weighted by molar-refractivity contribution is -0.272. The van der Waals surface area contributed by atoms with Gasteiger partial charge >= 0.3 is 20.4 Å². The van der Waals surface area contributed by atoms with Crippen molar-refractivity contribution in [2.24, 2.45) is 0 Å². The van der Waals surface area contributed by atoms with Crippen molar-refractivity contribution in [3.8, 4) is 5.75 Å². The minimum Gasteiger partial charge on any atom is -0.427 e. The van der Waals surface area contributed by atoms with E-state index in [9.17, 15) is 26.0 Å². The smallest absolute Gasteiger partial charge is 0.427 e. The molecule has 1 aromatic carbocycles. The van der Waals surface area contributed by atoms with Crippen LogP contribution in [-0.2, 0) is 9.05 Å². The highest BCUT2D eigenvalue weighted by atomic mass is 79.9. The van der Waals surface area contributed by atoms with Crippen molar-refractivity contribution >= 4 is 35.7 Å². The second kappa shape index (κ2) is 4.86. The van der Waals surface area contributed by atoms with E-state index in [1.54, 1.807) is 0 Å². The molecule has 10 heteroatoms. The Bertz CT molecular complexity index is 532. The molecular formula is C8H4BrClF4O3S. The van der Waals surface area contributed by atoms with Gasteiger partial charge in [-0.15, -0.1) is 0 Å². The largest absolute Gasteiger partial charge is 0.481 e. The van der Waals surface area contributed by atoms with E-state index in [1.807, 2.05) is 0 Å². The first kappa shape index (κ1) is 15.5. The zero-order chi connectivity index (χ0) is 14.2. The molecule has 0 aliphatic rings. The van der Waals surface area contributed by atoms with Gasteiger partial charge in [-0.3, -0.25) is 0 Å². The monoisotopic (exact) mass is 370 g/mol. The molecule has 0 bridgehead atoms. The number of benzene rings is 1. The summed E-state index contributed by atoms with van der Waals surface area (Å²) in [5.41, 5.74) is 0. The Morgan fingerprint density at radius 3 is 1.94 bits per heavy atom. The zero-order valence-corrected chi connectivity index (χ0v) is 11.4. The van der Waals surface area contributed by atoms with Gasteiger partial charge in [0.05, 0.1) is 0 Å². The lowest BCUT2D eigenvalue weighted by Crippen LogP contribution is -2.49. The summed E-state index contributed by atoms with van der Waals surface area (Å²) in [4.78, 5) is 0. The van der Waals surface area contributed by atoms with Gasteiger partial charge in [-0.25, -0.2) is 8.42 Å². The molecule has 0 N–H and O–H groups in total. The van der Waals surface area contributed by atoms with E-state index < -0.39 is 26.2 Å². The van der Waals surface area contributed by atoms with Gasteiger partial charge in [0.15, 0.2) is 0 Å². The molecule has 1 rings (SSSR count). The number of hydrogen-bond acceptors (Lipinski definition) is 3. The lowest BCUT2D eigenvalue weighted by Gasteiger charge is -2.23. The fourth-order valence-corrected chi connectivity index (χ4v) is 1.71. The second-order valence-corrected chi connectivity index (χ2v) is 6.55. The van der Waals surface area contributed by atoms with E-state index in [-0.39, 0.29) is 0 Å². The van der Waals surface area contributed by atoms with Gasteiger partial charge in [0, 0.05) is 15.2 Å². The minimum atomic E-state index is -5.83. The summed E-state index contributed by atoms with van der Waals surface area (Å²) in [6.45, 7) is 0. The first-order chi connectivity index (χ1) is 7.97. The normalized spacial score (nSPS) is 13.4. The Labute approximate surface area is 112 Å². The Balaban J connectivity index is 3.05. The zero-order valence-electron chi connectivity index (χ0n) is 8.21. The third kappa shape index (κ3) is 3.07. The molecule has 0 unspecified atom stereocenters. The number of ether oxygens (including phenoxy) is 1. The summed E-state index contributed by atoms with van der Waals surface area (Å²) in [6.07, 6.45) is -5.29. The summed E-state index contributed by atoms with van der Waals surface area (Å²) in [5.74, 6) is -0.636. The van der Waals surface area contributed by atoms with Crippen LogP contribution >= 0.6 is 26.6 Å². The molecule has 0 aromatic heterocycles. The maximum atomic E-state index is 13.0. The molecule has 0 saturated carbocycles. The quantitative estimate of drug-likeness (QED) is 0.600. The van der Waals surface area contributed by atoms with Crippen molar-refractivity contribution in [2.75, 3.05) is 0 Å². The fraction of sp³-hybridized carbons (Fsp3) is 0.250. The molecular weight excluding hydrogens is 368 g/mol. The molecule has 1 aromatic rings. The van der Waals surface area contributed by atoms with Crippen molar-refractivity contribution in [1.82, 2.24) is 0 Å². The Morgan fingerprint density at radius 1 is 1.11 bits per heavy atom. The van der Waals surface area contributed by atoms with Crippen LogP contribution in [0, 0.1) is 0 Å². The van der Waals surface area contributed by atoms with E-state index in [2.05, 4.69) is 31.3 Å². The maximum absolute atomic E-state index is 13.0. The van der Waals surface area contributed by atoms with Crippen LogP contribution in [0.4, 0.5) is 17.6 Å². The molecule has 0 heterocycles. The predicted molar refractivity (Wildman–Crippen MR) is 59.4 cm³/mol. The topological polar surface area (TPSA) is 43.4 Å².